The number of aromatic nitrogens is 1. The summed E-state index contributed by atoms with van der Waals surface area (Å²) in [6.07, 6.45) is 0.955. The summed E-state index contributed by atoms with van der Waals surface area (Å²) >= 11 is 1.75. The van der Waals surface area contributed by atoms with E-state index in [0.29, 0.717) is 5.92 Å². The maximum Gasteiger partial charge on any atom is 0.134 e. The molecule has 36 heavy (non-hydrogen) atoms. The Bertz CT molecular complexity index is 1730. The summed E-state index contributed by atoms with van der Waals surface area (Å²) in [5, 5.41) is 5.86. The van der Waals surface area contributed by atoms with E-state index in [0.717, 1.165) is 39.9 Å². The lowest BCUT2D eigenvalue weighted by atomic mass is 9.82. The van der Waals surface area contributed by atoms with E-state index in [1.807, 2.05) is 0 Å². The molecule has 3 heterocycles. The van der Waals surface area contributed by atoms with Crippen molar-refractivity contribution in [2.45, 2.75) is 46.5 Å². The Kier molecular flexibility index (Phi) is 5.49. The SMILES string of the molecule is CC(C)Cc1cc2ccc(-c3cc(-c4cc(C(C)(C)C)c5ccccc5c4)nc4ccsc34)cc2o1. The number of nitrogens with zero attached hydrogens (tertiary/aromatic N) is 1. The summed E-state index contributed by atoms with van der Waals surface area (Å²) in [5.41, 5.74) is 7.91. The summed E-state index contributed by atoms with van der Waals surface area (Å²) < 4.78 is 7.45. The average Bonchev–Trinajstić information content (AvgIpc) is 3.47. The molecule has 0 aliphatic carbocycles. The molecule has 0 amide bonds. The Morgan fingerprint density at radius 1 is 0.861 bits per heavy atom. The lowest BCUT2D eigenvalue weighted by molar-refractivity contribution is 0.500. The normalized spacial score (nSPS) is 12.4. The highest BCUT2D eigenvalue weighted by atomic mass is 32.1. The fourth-order valence-electron chi connectivity index (χ4n) is 5.15. The minimum atomic E-state index is 0.0307. The van der Waals surface area contributed by atoms with E-state index < -0.39 is 0 Å². The molecule has 0 radical (unpaired) electrons. The van der Waals surface area contributed by atoms with Crippen LogP contribution in [0.5, 0.6) is 0 Å². The molecule has 0 saturated heterocycles. The van der Waals surface area contributed by atoms with E-state index in [2.05, 4.69) is 113 Å². The minimum absolute atomic E-state index is 0.0307. The second-order valence-corrected chi connectivity index (χ2v) is 12.2. The Balaban J connectivity index is 1.54. The van der Waals surface area contributed by atoms with Crippen molar-refractivity contribution in [3.05, 3.63) is 89.5 Å². The van der Waals surface area contributed by atoms with Crippen molar-refractivity contribution in [2.24, 2.45) is 5.92 Å². The summed E-state index contributed by atoms with van der Waals surface area (Å²) in [6, 6.07) is 26.5. The summed E-state index contributed by atoms with van der Waals surface area (Å²) in [6.45, 7) is 11.3. The maximum atomic E-state index is 6.24. The quantitative estimate of drug-likeness (QED) is 0.246. The van der Waals surface area contributed by atoms with Gasteiger partial charge in [-0.2, -0.15) is 0 Å². The summed E-state index contributed by atoms with van der Waals surface area (Å²) in [7, 11) is 0. The minimum Gasteiger partial charge on any atom is -0.461 e. The molecule has 3 heteroatoms. The Morgan fingerprint density at radius 3 is 2.50 bits per heavy atom. The Labute approximate surface area is 216 Å². The summed E-state index contributed by atoms with van der Waals surface area (Å²) in [5.74, 6) is 1.62. The van der Waals surface area contributed by atoms with Gasteiger partial charge in [-0.3, -0.25) is 0 Å². The van der Waals surface area contributed by atoms with Gasteiger partial charge in [0.25, 0.3) is 0 Å². The predicted octanol–water partition coefficient (Wildman–Crippen LogP) is 10.0. The van der Waals surface area contributed by atoms with Gasteiger partial charge in [-0.25, -0.2) is 4.98 Å². The molecule has 0 spiro atoms. The molecule has 0 N–H and O–H groups in total. The third-order valence-corrected chi connectivity index (χ3v) is 7.81. The maximum absolute atomic E-state index is 6.24. The van der Waals surface area contributed by atoms with Gasteiger partial charge in [0.05, 0.1) is 15.9 Å². The van der Waals surface area contributed by atoms with Gasteiger partial charge in [0, 0.05) is 22.9 Å². The van der Waals surface area contributed by atoms with Crippen molar-refractivity contribution in [3.63, 3.8) is 0 Å². The van der Waals surface area contributed by atoms with Crippen molar-refractivity contribution in [2.75, 3.05) is 0 Å². The molecule has 0 fully saturated rings. The van der Waals surface area contributed by atoms with Gasteiger partial charge < -0.3 is 4.42 Å². The highest BCUT2D eigenvalue weighted by Crippen LogP contribution is 2.39. The van der Waals surface area contributed by atoms with E-state index in [1.165, 1.54) is 32.2 Å². The van der Waals surface area contributed by atoms with Crippen molar-refractivity contribution in [3.8, 4) is 22.4 Å². The first-order valence-electron chi connectivity index (χ1n) is 12.7. The zero-order valence-electron chi connectivity index (χ0n) is 21.6. The lowest BCUT2D eigenvalue weighted by Crippen LogP contribution is -2.12. The van der Waals surface area contributed by atoms with Crippen LogP contribution in [-0.4, -0.2) is 4.98 Å². The van der Waals surface area contributed by atoms with Gasteiger partial charge >= 0.3 is 0 Å². The van der Waals surface area contributed by atoms with Crippen LogP contribution in [0, 0.1) is 5.92 Å². The molecule has 0 aliphatic rings. The summed E-state index contributed by atoms with van der Waals surface area (Å²) in [4.78, 5) is 5.11. The topological polar surface area (TPSA) is 26.0 Å². The van der Waals surface area contributed by atoms with E-state index in [4.69, 9.17) is 9.40 Å². The van der Waals surface area contributed by atoms with Crippen LogP contribution in [0.25, 0.3) is 54.3 Å². The zero-order valence-corrected chi connectivity index (χ0v) is 22.4. The number of rotatable bonds is 4. The first kappa shape index (κ1) is 23.0. The van der Waals surface area contributed by atoms with Crippen LogP contribution in [0.3, 0.4) is 0 Å². The van der Waals surface area contributed by atoms with E-state index in [1.54, 1.807) is 11.3 Å². The first-order valence-corrected chi connectivity index (χ1v) is 13.6. The molecular formula is C33H31NOS. The molecule has 2 nitrogen and oxygen atoms in total. The third-order valence-electron chi connectivity index (χ3n) is 6.87. The molecule has 0 unspecified atom stereocenters. The standard InChI is InChI=1S/C33H31NOS/c1-20(2)14-25-16-23-11-10-22(18-31(23)35-25)27-19-30(34-29-12-13-36-32(27)29)24-15-21-8-6-7-9-26(21)28(17-24)33(3,4)5/h6-13,15-20H,14H2,1-5H3. The van der Waals surface area contributed by atoms with Crippen LogP contribution in [0.4, 0.5) is 0 Å². The van der Waals surface area contributed by atoms with E-state index in [9.17, 15) is 0 Å². The Hall–Kier alpha value is -3.43. The third kappa shape index (κ3) is 4.12. The van der Waals surface area contributed by atoms with Gasteiger partial charge in [-0.05, 0) is 75.0 Å². The number of hydrogen-bond donors (Lipinski definition) is 0. The molecule has 0 aliphatic heterocycles. The second-order valence-electron chi connectivity index (χ2n) is 11.2. The number of benzene rings is 3. The van der Waals surface area contributed by atoms with Crippen LogP contribution in [-0.2, 0) is 11.8 Å². The van der Waals surface area contributed by atoms with Gasteiger partial charge in [-0.15, -0.1) is 11.3 Å². The fraction of sp³-hybridized carbons (Fsp3) is 0.242. The van der Waals surface area contributed by atoms with Crippen LogP contribution in [0.2, 0.25) is 0 Å². The van der Waals surface area contributed by atoms with Crippen LogP contribution < -0.4 is 0 Å². The lowest BCUT2D eigenvalue weighted by Gasteiger charge is -2.23. The molecule has 0 atom stereocenters. The van der Waals surface area contributed by atoms with Crippen molar-refractivity contribution in [1.82, 2.24) is 4.98 Å². The van der Waals surface area contributed by atoms with Crippen LogP contribution in [0.15, 0.2) is 82.6 Å². The molecular weight excluding hydrogens is 458 g/mol. The number of thiophene rings is 1. The Morgan fingerprint density at radius 2 is 1.69 bits per heavy atom. The second kappa shape index (κ2) is 8.60. The largest absolute Gasteiger partial charge is 0.461 e. The predicted molar refractivity (Wildman–Crippen MR) is 155 cm³/mol. The number of hydrogen-bond acceptors (Lipinski definition) is 3. The van der Waals surface area contributed by atoms with Crippen molar-refractivity contribution in [1.29, 1.82) is 0 Å². The van der Waals surface area contributed by atoms with Gasteiger partial charge in [0.15, 0.2) is 0 Å². The molecule has 3 aromatic heterocycles. The van der Waals surface area contributed by atoms with Crippen LogP contribution >= 0.6 is 11.3 Å². The van der Waals surface area contributed by atoms with E-state index >= 15 is 0 Å². The first-order chi connectivity index (χ1) is 17.3. The monoisotopic (exact) mass is 489 g/mol. The zero-order chi connectivity index (χ0) is 25.0. The average molecular weight is 490 g/mol. The van der Waals surface area contributed by atoms with Gasteiger partial charge in [-0.1, -0.05) is 71.0 Å². The molecule has 0 saturated carbocycles. The van der Waals surface area contributed by atoms with Gasteiger partial charge in [0.1, 0.15) is 11.3 Å². The van der Waals surface area contributed by atoms with Crippen LogP contribution in [0.1, 0.15) is 45.9 Å². The highest BCUT2D eigenvalue weighted by Gasteiger charge is 2.20. The van der Waals surface area contributed by atoms with Crippen molar-refractivity contribution >= 4 is 43.3 Å². The van der Waals surface area contributed by atoms with E-state index in [-0.39, 0.29) is 5.41 Å². The molecule has 180 valence electrons. The number of fused-ring (bicyclic) bond motifs is 3. The van der Waals surface area contributed by atoms with Crippen molar-refractivity contribution < 1.29 is 4.42 Å². The van der Waals surface area contributed by atoms with Gasteiger partial charge in [0.2, 0.25) is 0 Å². The number of pyridine rings is 1. The molecule has 6 aromatic rings. The molecule has 0 bridgehead atoms. The molecule has 6 rings (SSSR count). The fourth-order valence-corrected chi connectivity index (χ4v) is 6.03. The number of furan rings is 1. The highest BCUT2D eigenvalue weighted by molar-refractivity contribution is 7.17. The molecule has 3 aromatic carbocycles. The smallest absolute Gasteiger partial charge is 0.134 e.